The zero-order valence-electron chi connectivity index (χ0n) is 12.8. The molecule has 0 atom stereocenters. The number of nitrogens with zero attached hydrogens (tertiary/aromatic N) is 3. The van der Waals surface area contributed by atoms with Crippen molar-refractivity contribution < 1.29 is 4.79 Å². The fraction of sp³-hybridized carbons (Fsp3) is 0.375. The van der Waals surface area contributed by atoms with Crippen LogP contribution in [0.5, 0.6) is 0 Å². The number of amides is 1. The molecule has 5 nitrogen and oxygen atoms in total. The second-order valence-corrected chi connectivity index (χ2v) is 5.32. The molecule has 0 aliphatic heterocycles. The Morgan fingerprint density at radius 1 is 1.29 bits per heavy atom. The van der Waals surface area contributed by atoms with Crippen molar-refractivity contribution in [2.75, 3.05) is 27.2 Å². The summed E-state index contributed by atoms with van der Waals surface area (Å²) >= 11 is 0. The molecule has 0 aliphatic carbocycles. The predicted octanol–water partition coefficient (Wildman–Crippen LogP) is 1.77. The Balaban J connectivity index is 2.00. The topological polar surface area (TPSA) is 50.2 Å². The molecule has 2 rings (SSSR count). The first-order chi connectivity index (χ1) is 10.1. The quantitative estimate of drug-likeness (QED) is 0.823. The molecule has 0 saturated heterocycles. The lowest BCUT2D eigenvalue weighted by atomic mass is 10.1. The zero-order chi connectivity index (χ0) is 15.2. The van der Waals surface area contributed by atoms with Crippen LogP contribution in [0.15, 0.2) is 36.4 Å². The Morgan fingerprint density at radius 2 is 2.00 bits per heavy atom. The van der Waals surface area contributed by atoms with Gasteiger partial charge in [0.2, 0.25) is 0 Å². The Bertz CT molecular complexity index is 590. The summed E-state index contributed by atoms with van der Waals surface area (Å²) in [5.74, 6) is -0.119. The number of nitrogens with one attached hydrogen (secondary N) is 1. The largest absolute Gasteiger partial charge is 0.351 e. The lowest BCUT2D eigenvalue weighted by Crippen LogP contribution is -2.27. The van der Waals surface area contributed by atoms with E-state index in [2.05, 4.69) is 15.3 Å². The van der Waals surface area contributed by atoms with E-state index in [9.17, 15) is 4.79 Å². The molecule has 0 unspecified atom stereocenters. The Kier molecular flexibility index (Phi) is 5.11. The maximum absolute atomic E-state index is 12.1. The van der Waals surface area contributed by atoms with Crippen LogP contribution in [0, 0.1) is 0 Å². The van der Waals surface area contributed by atoms with Gasteiger partial charge in [-0.3, -0.25) is 9.48 Å². The van der Waals surface area contributed by atoms with Gasteiger partial charge in [0.1, 0.15) is 0 Å². The second-order valence-electron chi connectivity index (χ2n) is 5.32. The third-order valence-corrected chi connectivity index (χ3v) is 3.25. The van der Waals surface area contributed by atoms with E-state index in [1.165, 1.54) is 0 Å². The SMILES string of the molecule is CN(C)CCCNC(=O)c1cc(-c2ccccc2)n(C)n1. The molecule has 5 heteroatoms. The van der Waals surface area contributed by atoms with Crippen LogP contribution in [0.1, 0.15) is 16.9 Å². The van der Waals surface area contributed by atoms with Crippen molar-refractivity contribution >= 4 is 5.91 Å². The number of aromatic nitrogens is 2. The smallest absolute Gasteiger partial charge is 0.271 e. The third-order valence-electron chi connectivity index (χ3n) is 3.25. The summed E-state index contributed by atoms with van der Waals surface area (Å²) in [6.45, 7) is 1.62. The third kappa shape index (κ3) is 4.16. The molecule has 1 aromatic carbocycles. The molecule has 0 fully saturated rings. The van der Waals surface area contributed by atoms with Crippen LogP contribution in [0.3, 0.4) is 0 Å². The molecule has 21 heavy (non-hydrogen) atoms. The molecule has 1 aromatic heterocycles. The van der Waals surface area contributed by atoms with E-state index in [-0.39, 0.29) is 5.91 Å². The van der Waals surface area contributed by atoms with Gasteiger partial charge in [-0.1, -0.05) is 30.3 Å². The molecular weight excluding hydrogens is 264 g/mol. The van der Waals surface area contributed by atoms with Crippen LogP contribution in [0.4, 0.5) is 0 Å². The highest BCUT2D eigenvalue weighted by molar-refractivity contribution is 5.93. The van der Waals surface area contributed by atoms with Crippen molar-refractivity contribution in [1.82, 2.24) is 20.0 Å². The van der Waals surface area contributed by atoms with Gasteiger partial charge in [-0.25, -0.2) is 0 Å². The highest BCUT2D eigenvalue weighted by atomic mass is 16.1. The molecule has 0 saturated carbocycles. The molecular formula is C16H22N4O. The number of rotatable bonds is 6. The van der Waals surface area contributed by atoms with E-state index in [1.807, 2.05) is 57.5 Å². The summed E-state index contributed by atoms with van der Waals surface area (Å²) in [6.07, 6.45) is 0.928. The van der Waals surface area contributed by atoms with Crippen molar-refractivity contribution in [3.63, 3.8) is 0 Å². The van der Waals surface area contributed by atoms with Gasteiger partial charge in [0, 0.05) is 13.6 Å². The summed E-state index contributed by atoms with van der Waals surface area (Å²) in [5, 5.41) is 7.20. The van der Waals surface area contributed by atoms with Gasteiger partial charge in [-0.15, -0.1) is 0 Å². The monoisotopic (exact) mass is 286 g/mol. The molecule has 2 aromatic rings. The first-order valence-electron chi connectivity index (χ1n) is 7.10. The van der Waals surface area contributed by atoms with E-state index in [0.29, 0.717) is 12.2 Å². The minimum Gasteiger partial charge on any atom is -0.351 e. The first-order valence-corrected chi connectivity index (χ1v) is 7.10. The van der Waals surface area contributed by atoms with Crippen molar-refractivity contribution in [2.45, 2.75) is 6.42 Å². The molecule has 0 aliphatic rings. The maximum Gasteiger partial charge on any atom is 0.271 e. The summed E-state index contributed by atoms with van der Waals surface area (Å²) in [6, 6.07) is 11.8. The Morgan fingerprint density at radius 3 is 2.67 bits per heavy atom. The number of benzene rings is 1. The Hall–Kier alpha value is -2.14. The summed E-state index contributed by atoms with van der Waals surface area (Å²) in [7, 11) is 5.89. The van der Waals surface area contributed by atoms with Crippen molar-refractivity contribution in [1.29, 1.82) is 0 Å². The second kappa shape index (κ2) is 7.04. The van der Waals surface area contributed by atoms with Gasteiger partial charge in [-0.05, 0) is 38.7 Å². The highest BCUT2D eigenvalue weighted by Gasteiger charge is 2.13. The standard InChI is InChI=1S/C16H22N4O/c1-19(2)11-7-10-17-16(21)14-12-15(20(3)18-14)13-8-5-4-6-9-13/h4-6,8-9,12H,7,10-11H2,1-3H3,(H,17,21). The molecule has 1 amide bonds. The fourth-order valence-electron chi connectivity index (χ4n) is 2.15. The van der Waals surface area contributed by atoms with Crippen LogP contribution in [0.25, 0.3) is 11.3 Å². The lowest BCUT2D eigenvalue weighted by Gasteiger charge is -2.09. The van der Waals surface area contributed by atoms with E-state index < -0.39 is 0 Å². The normalized spacial score (nSPS) is 10.9. The highest BCUT2D eigenvalue weighted by Crippen LogP contribution is 2.19. The molecule has 0 spiro atoms. The molecule has 0 radical (unpaired) electrons. The van der Waals surface area contributed by atoms with Gasteiger partial charge in [0.25, 0.3) is 5.91 Å². The summed E-state index contributed by atoms with van der Waals surface area (Å²) in [5.41, 5.74) is 2.45. The molecule has 1 heterocycles. The number of hydrogen-bond donors (Lipinski definition) is 1. The predicted molar refractivity (Wildman–Crippen MR) is 84.1 cm³/mol. The van der Waals surface area contributed by atoms with Crippen LogP contribution in [0.2, 0.25) is 0 Å². The van der Waals surface area contributed by atoms with E-state index in [4.69, 9.17) is 0 Å². The number of carbonyl (C=O) groups excluding carboxylic acids is 1. The summed E-state index contributed by atoms with van der Waals surface area (Å²) < 4.78 is 1.74. The van der Waals surface area contributed by atoms with E-state index in [0.717, 1.165) is 24.2 Å². The minimum absolute atomic E-state index is 0.119. The molecule has 112 valence electrons. The van der Waals surface area contributed by atoms with Gasteiger partial charge in [0.05, 0.1) is 5.69 Å². The van der Waals surface area contributed by atoms with Gasteiger partial charge in [0.15, 0.2) is 5.69 Å². The van der Waals surface area contributed by atoms with Crippen LogP contribution >= 0.6 is 0 Å². The van der Waals surface area contributed by atoms with Crippen LogP contribution in [-0.2, 0) is 7.05 Å². The lowest BCUT2D eigenvalue weighted by molar-refractivity contribution is 0.0946. The maximum atomic E-state index is 12.1. The van der Waals surface area contributed by atoms with Crippen LogP contribution < -0.4 is 5.32 Å². The van der Waals surface area contributed by atoms with Crippen LogP contribution in [-0.4, -0.2) is 47.8 Å². The van der Waals surface area contributed by atoms with Crippen molar-refractivity contribution in [3.8, 4) is 11.3 Å². The fourth-order valence-corrected chi connectivity index (χ4v) is 2.15. The first kappa shape index (κ1) is 15.3. The number of aryl methyl sites for hydroxylation is 1. The Labute approximate surface area is 125 Å². The average Bonchev–Trinajstić information content (AvgIpc) is 2.86. The van der Waals surface area contributed by atoms with Gasteiger partial charge in [-0.2, -0.15) is 5.10 Å². The summed E-state index contributed by atoms with van der Waals surface area (Å²) in [4.78, 5) is 14.2. The number of carbonyl (C=O) groups is 1. The van der Waals surface area contributed by atoms with Crippen molar-refractivity contribution in [2.24, 2.45) is 7.05 Å². The van der Waals surface area contributed by atoms with Gasteiger partial charge < -0.3 is 10.2 Å². The average molecular weight is 286 g/mol. The molecule has 1 N–H and O–H groups in total. The minimum atomic E-state index is -0.119. The van der Waals surface area contributed by atoms with Gasteiger partial charge >= 0.3 is 0 Å². The number of hydrogen-bond acceptors (Lipinski definition) is 3. The zero-order valence-corrected chi connectivity index (χ0v) is 12.8. The van der Waals surface area contributed by atoms with Crippen molar-refractivity contribution in [3.05, 3.63) is 42.1 Å². The van der Waals surface area contributed by atoms with E-state index in [1.54, 1.807) is 4.68 Å². The molecule has 0 bridgehead atoms. The van der Waals surface area contributed by atoms with E-state index >= 15 is 0 Å².